The molecular formula is C16H17N3O3. The zero-order chi connectivity index (χ0) is 15.4. The monoisotopic (exact) mass is 299 g/mol. The molecule has 2 aromatic rings. The third-order valence-electron chi connectivity index (χ3n) is 3.20. The number of hydrogen-bond donors (Lipinski definition) is 2. The van der Waals surface area contributed by atoms with Crippen LogP contribution < -0.4 is 20.1 Å². The number of pyridine rings is 1. The number of nitrogens with zero attached hydrogens (tertiary/aromatic N) is 1. The van der Waals surface area contributed by atoms with Crippen LogP contribution in [0.2, 0.25) is 0 Å². The summed E-state index contributed by atoms with van der Waals surface area (Å²) in [6.45, 7) is 2.90. The maximum Gasteiger partial charge on any atom is 0.252 e. The van der Waals surface area contributed by atoms with Gasteiger partial charge in [-0.3, -0.25) is 9.78 Å². The Morgan fingerprint density at radius 1 is 1.18 bits per heavy atom. The highest BCUT2D eigenvalue weighted by Crippen LogP contribution is 2.35. The Kier molecular flexibility index (Phi) is 4.09. The zero-order valence-electron chi connectivity index (χ0n) is 12.3. The molecule has 0 radical (unpaired) electrons. The van der Waals surface area contributed by atoms with E-state index in [1.54, 1.807) is 18.5 Å². The first kappa shape index (κ1) is 14.2. The molecule has 2 N–H and O–H groups in total. The van der Waals surface area contributed by atoms with E-state index in [0.717, 1.165) is 23.5 Å². The Hall–Kier alpha value is -2.76. The van der Waals surface area contributed by atoms with Crippen molar-refractivity contribution >= 4 is 17.3 Å². The minimum atomic E-state index is -0.122. The summed E-state index contributed by atoms with van der Waals surface area (Å²) in [5.41, 5.74) is 2.11. The number of hydrogen-bond acceptors (Lipinski definition) is 5. The van der Waals surface area contributed by atoms with Gasteiger partial charge in [0.1, 0.15) is 0 Å². The van der Waals surface area contributed by atoms with Crippen LogP contribution >= 0.6 is 0 Å². The minimum absolute atomic E-state index is 0.122. The van der Waals surface area contributed by atoms with Crippen LogP contribution in [0.4, 0.5) is 11.4 Å². The summed E-state index contributed by atoms with van der Waals surface area (Å²) < 4.78 is 10.6. The third-order valence-corrected chi connectivity index (χ3v) is 3.20. The molecule has 0 spiro atoms. The second-order valence-electron chi connectivity index (χ2n) is 4.91. The summed E-state index contributed by atoms with van der Waals surface area (Å²) in [4.78, 5) is 16.0. The molecule has 1 aliphatic heterocycles. The van der Waals surface area contributed by atoms with Crippen molar-refractivity contribution < 1.29 is 14.3 Å². The van der Waals surface area contributed by atoms with Crippen LogP contribution in [0.5, 0.6) is 11.5 Å². The largest absolute Gasteiger partial charge is 0.454 e. The molecule has 0 atom stereocenters. The van der Waals surface area contributed by atoms with Crippen LogP contribution in [0.3, 0.4) is 0 Å². The van der Waals surface area contributed by atoms with Gasteiger partial charge in [-0.2, -0.15) is 0 Å². The Bertz CT molecular complexity index is 688. The Morgan fingerprint density at radius 3 is 2.91 bits per heavy atom. The summed E-state index contributed by atoms with van der Waals surface area (Å²) in [6, 6.07) is 7.35. The van der Waals surface area contributed by atoms with Gasteiger partial charge in [0.25, 0.3) is 5.91 Å². The summed E-state index contributed by atoms with van der Waals surface area (Å²) in [7, 11) is 0. The maximum absolute atomic E-state index is 11.9. The van der Waals surface area contributed by atoms with E-state index in [4.69, 9.17) is 9.47 Å². The second-order valence-corrected chi connectivity index (χ2v) is 4.91. The first-order valence-corrected chi connectivity index (χ1v) is 7.16. The minimum Gasteiger partial charge on any atom is -0.454 e. The van der Waals surface area contributed by atoms with E-state index in [-0.39, 0.29) is 12.7 Å². The average Bonchev–Trinajstić information content (AvgIpc) is 3.00. The van der Waals surface area contributed by atoms with Crippen molar-refractivity contribution in [3.05, 3.63) is 42.2 Å². The van der Waals surface area contributed by atoms with Gasteiger partial charge in [0, 0.05) is 24.5 Å². The smallest absolute Gasteiger partial charge is 0.252 e. The van der Waals surface area contributed by atoms with Crippen molar-refractivity contribution in [2.75, 3.05) is 18.7 Å². The molecule has 2 heterocycles. The van der Waals surface area contributed by atoms with Gasteiger partial charge in [-0.1, -0.05) is 6.92 Å². The van der Waals surface area contributed by atoms with Gasteiger partial charge in [-0.15, -0.1) is 0 Å². The fourth-order valence-electron chi connectivity index (χ4n) is 2.11. The average molecular weight is 299 g/mol. The number of nitrogens with one attached hydrogen (secondary N) is 2. The molecule has 22 heavy (non-hydrogen) atoms. The highest BCUT2D eigenvalue weighted by atomic mass is 16.7. The van der Waals surface area contributed by atoms with E-state index in [1.807, 2.05) is 25.1 Å². The van der Waals surface area contributed by atoms with E-state index < -0.39 is 0 Å². The second kappa shape index (κ2) is 6.34. The molecule has 6 heteroatoms. The summed E-state index contributed by atoms with van der Waals surface area (Å²) in [5.74, 6) is 1.31. The molecule has 0 saturated heterocycles. The fourth-order valence-corrected chi connectivity index (χ4v) is 2.11. The van der Waals surface area contributed by atoms with Crippen LogP contribution in [0.15, 0.2) is 36.7 Å². The number of anilines is 2. The SMILES string of the molecule is CCCNC(=O)c1cncc(Nc2ccc3c(c2)OCO3)c1. The van der Waals surface area contributed by atoms with Crippen molar-refractivity contribution in [3.8, 4) is 11.5 Å². The number of fused-ring (bicyclic) bond motifs is 1. The van der Waals surface area contributed by atoms with Gasteiger partial charge in [0.2, 0.25) is 6.79 Å². The molecule has 0 saturated carbocycles. The highest BCUT2D eigenvalue weighted by molar-refractivity contribution is 5.94. The van der Waals surface area contributed by atoms with Crippen LogP contribution in [-0.2, 0) is 0 Å². The van der Waals surface area contributed by atoms with Gasteiger partial charge < -0.3 is 20.1 Å². The van der Waals surface area contributed by atoms with E-state index in [1.165, 1.54) is 0 Å². The molecule has 1 aromatic carbocycles. The molecule has 0 aliphatic carbocycles. The van der Waals surface area contributed by atoms with Crippen LogP contribution in [0, 0.1) is 0 Å². The van der Waals surface area contributed by atoms with Gasteiger partial charge in [0.05, 0.1) is 17.4 Å². The molecule has 3 rings (SSSR count). The molecule has 0 unspecified atom stereocenters. The van der Waals surface area contributed by atoms with Gasteiger partial charge in [-0.05, 0) is 24.6 Å². The number of ether oxygens (including phenoxy) is 2. The lowest BCUT2D eigenvalue weighted by atomic mass is 10.2. The van der Waals surface area contributed by atoms with Crippen molar-refractivity contribution in [3.63, 3.8) is 0 Å². The topological polar surface area (TPSA) is 72.5 Å². The molecule has 0 bridgehead atoms. The number of rotatable bonds is 5. The highest BCUT2D eigenvalue weighted by Gasteiger charge is 2.13. The zero-order valence-corrected chi connectivity index (χ0v) is 12.3. The number of amides is 1. The molecule has 1 amide bonds. The summed E-state index contributed by atoms with van der Waals surface area (Å²) >= 11 is 0. The summed E-state index contributed by atoms with van der Waals surface area (Å²) in [5, 5.41) is 6.04. The summed E-state index contributed by atoms with van der Waals surface area (Å²) in [6.07, 6.45) is 4.12. The molecule has 1 aromatic heterocycles. The van der Waals surface area contributed by atoms with Gasteiger partial charge in [-0.25, -0.2) is 0 Å². The van der Waals surface area contributed by atoms with E-state index in [0.29, 0.717) is 17.9 Å². The molecular weight excluding hydrogens is 282 g/mol. The quantitative estimate of drug-likeness (QED) is 0.888. The standard InChI is InChI=1S/C16H17N3O3/c1-2-5-18-16(20)11-6-13(9-17-8-11)19-12-3-4-14-15(7-12)22-10-21-14/h3-4,6-9,19H,2,5,10H2,1H3,(H,18,20). The lowest BCUT2D eigenvalue weighted by Crippen LogP contribution is -2.24. The Balaban J connectivity index is 1.74. The Morgan fingerprint density at radius 2 is 2.05 bits per heavy atom. The molecule has 0 fully saturated rings. The maximum atomic E-state index is 11.9. The van der Waals surface area contributed by atoms with E-state index in [2.05, 4.69) is 15.6 Å². The molecule has 1 aliphatic rings. The van der Waals surface area contributed by atoms with Crippen LogP contribution in [-0.4, -0.2) is 24.2 Å². The predicted octanol–water partition coefficient (Wildman–Crippen LogP) is 2.69. The van der Waals surface area contributed by atoms with Crippen LogP contribution in [0.1, 0.15) is 23.7 Å². The fraction of sp³-hybridized carbons (Fsp3) is 0.250. The predicted molar refractivity (Wildman–Crippen MR) is 82.7 cm³/mol. The molecule has 6 nitrogen and oxygen atoms in total. The van der Waals surface area contributed by atoms with Crippen molar-refractivity contribution in [1.82, 2.24) is 10.3 Å². The number of carbonyl (C=O) groups excluding carboxylic acids is 1. The van der Waals surface area contributed by atoms with Crippen molar-refractivity contribution in [1.29, 1.82) is 0 Å². The number of aromatic nitrogens is 1. The van der Waals surface area contributed by atoms with E-state index >= 15 is 0 Å². The Labute approximate surface area is 128 Å². The first-order chi connectivity index (χ1) is 10.8. The number of benzene rings is 1. The third kappa shape index (κ3) is 3.11. The molecule has 114 valence electrons. The lowest BCUT2D eigenvalue weighted by Gasteiger charge is -2.09. The van der Waals surface area contributed by atoms with Gasteiger partial charge >= 0.3 is 0 Å². The van der Waals surface area contributed by atoms with Crippen LogP contribution in [0.25, 0.3) is 0 Å². The first-order valence-electron chi connectivity index (χ1n) is 7.16. The van der Waals surface area contributed by atoms with E-state index in [9.17, 15) is 4.79 Å². The van der Waals surface area contributed by atoms with Crippen molar-refractivity contribution in [2.24, 2.45) is 0 Å². The normalized spacial score (nSPS) is 12.0. The lowest BCUT2D eigenvalue weighted by molar-refractivity contribution is 0.0953. The van der Waals surface area contributed by atoms with Crippen molar-refractivity contribution in [2.45, 2.75) is 13.3 Å². The number of carbonyl (C=O) groups is 1. The van der Waals surface area contributed by atoms with Gasteiger partial charge in [0.15, 0.2) is 11.5 Å².